The number of likely N-dealkylation sites (tertiary alicyclic amines) is 1. The second kappa shape index (κ2) is 7.96. The second-order valence-corrected chi connectivity index (χ2v) is 6.83. The number of hydrogen-bond acceptors (Lipinski definition) is 4. The highest BCUT2D eigenvalue weighted by Crippen LogP contribution is 2.20. The number of carbonyl (C=O) groups is 1. The molecule has 1 aliphatic heterocycles. The molecule has 0 spiro atoms. The van der Waals surface area contributed by atoms with E-state index in [1.165, 1.54) is 0 Å². The van der Waals surface area contributed by atoms with Crippen LogP contribution in [0.25, 0.3) is 0 Å². The van der Waals surface area contributed by atoms with Gasteiger partial charge in [0.05, 0.1) is 6.04 Å². The monoisotopic (exact) mass is 284 g/mol. The smallest absolute Gasteiger partial charge is 0.237 e. The number of unbranched alkanes of at least 4 members (excludes halogenated alkanes) is 1. The average molecular weight is 284 g/mol. The van der Waals surface area contributed by atoms with Gasteiger partial charge >= 0.3 is 0 Å². The van der Waals surface area contributed by atoms with Crippen molar-refractivity contribution in [2.75, 3.05) is 19.6 Å². The van der Waals surface area contributed by atoms with Crippen LogP contribution in [0.4, 0.5) is 0 Å². The number of rotatable bonds is 6. The second-order valence-electron chi connectivity index (χ2n) is 6.83. The summed E-state index contributed by atoms with van der Waals surface area (Å²) in [5, 5.41) is 3.10. The fourth-order valence-electron chi connectivity index (χ4n) is 2.64. The first kappa shape index (κ1) is 17.4. The van der Waals surface area contributed by atoms with E-state index in [1.807, 2.05) is 0 Å². The molecule has 0 aliphatic carbocycles. The van der Waals surface area contributed by atoms with E-state index in [9.17, 15) is 4.79 Å². The van der Waals surface area contributed by atoms with Crippen LogP contribution >= 0.6 is 0 Å². The molecule has 1 rings (SSSR count). The van der Waals surface area contributed by atoms with Crippen LogP contribution in [0, 0.1) is 0 Å². The number of nitrogens with two attached hydrogens (primary N) is 2. The van der Waals surface area contributed by atoms with Crippen LogP contribution in [0.3, 0.4) is 0 Å². The normalized spacial score (nSPS) is 19.9. The van der Waals surface area contributed by atoms with Gasteiger partial charge in [0.15, 0.2) is 0 Å². The van der Waals surface area contributed by atoms with Crippen molar-refractivity contribution >= 4 is 5.91 Å². The Morgan fingerprint density at radius 1 is 1.30 bits per heavy atom. The van der Waals surface area contributed by atoms with E-state index in [1.54, 1.807) is 0 Å². The van der Waals surface area contributed by atoms with Crippen LogP contribution in [-0.2, 0) is 4.79 Å². The summed E-state index contributed by atoms with van der Waals surface area (Å²) in [4.78, 5) is 14.5. The number of nitrogens with one attached hydrogen (secondary N) is 1. The molecule has 0 aromatic rings. The molecule has 0 saturated carbocycles. The van der Waals surface area contributed by atoms with E-state index >= 15 is 0 Å². The molecule has 1 amide bonds. The maximum atomic E-state index is 12.0. The van der Waals surface area contributed by atoms with Crippen LogP contribution in [0.2, 0.25) is 0 Å². The van der Waals surface area contributed by atoms with Crippen LogP contribution in [0.15, 0.2) is 0 Å². The molecule has 0 aromatic heterocycles. The standard InChI is InChI=1S/C15H32N4O/c1-15(2,3)19-10-7-12(8-11-19)18-14(20)13(17)6-4-5-9-16/h12-13H,4-11,16-17H2,1-3H3,(H,18,20)/t13-/m0/s1. The zero-order valence-electron chi connectivity index (χ0n) is 13.3. The topological polar surface area (TPSA) is 84.4 Å². The van der Waals surface area contributed by atoms with Crippen molar-refractivity contribution in [3.05, 3.63) is 0 Å². The van der Waals surface area contributed by atoms with Crippen molar-refractivity contribution in [2.24, 2.45) is 11.5 Å². The third kappa shape index (κ3) is 5.77. The first-order chi connectivity index (χ1) is 9.34. The van der Waals surface area contributed by atoms with Crippen molar-refractivity contribution in [1.82, 2.24) is 10.2 Å². The Bertz CT molecular complexity index is 293. The molecular formula is C15H32N4O. The largest absolute Gasteiger partial charge is 0.352 e. The Balaban J connectivity index is 2.27. The summed E-state index contributed by atoms with van der Waals surface area (Å²) in [6.45, 7) is 9.45. The molecule has 1 aliphatic rings. The molecule has 20 heavy (non-hydrogen) atoms. The van der Waals surface area contributed by atoms with Crippen LogP contribution in [0.5, 0.6) is 0 Å². The van der Waals surface area contributed by atoms with E-state index in [0.29, 0.717) is 6.54 Å². The molecule has 118 valence electrons. The van der Waals surface area contributed by atoms with Gasteiger partial charge in [0.1, 0.15) is 0 Å². The molecule has 0 bridgehead atoms. The molecule has 1 atom stereocenters. The molecule has 0 radical (unpaired) electrons. The Kier molecular flexibility index (Phi) is 6.92. The Morgan fingerprint density at radius 2 is 1.90 bits per heavy atom. The Hall–Kier alpha value is -0.650. The van der Waals surface area contributed by atoms with Gasteiger partial charge in [0, 0.05) is 24.7 Å². The molecule has 1 saturated heterocycles. The SMILES string of the molecule is CC(C)(C)N1CCC(NC(=O)[C@@H](N)CCCCN)CC1. The first-order valence-electron chi connectivity index (χ1n) is 7.85. The summed E-state index contributed by atoms with van der Waals surface area (Å²) < 4.78 is 0. The highest BCUT2D eigenvalue weighted by Gasteiger charge is 2.28. The maximum absolute atomic E-state index is 12.0. The summed E-state index contributed by atoms with van der Waals surface area (Å²) in [6.07, 6.45) is 4.61. The molecule has 5 nitrogen and oxygen atoms in total. The predicted octanol–water partition coefficient (Wildman–Crippen LogP) is 0.822. The summed E-state index contributed by atoms with van der Waals surface area (Å²) in [5.41, 5.74) is 11.6. The van der Waals surface area contributed by atoms with Crippen LogP contribution in [0.1, 0.15) is 52.9 Å². The average Bonchev–Trinajstić information content (AvgIpc) is 2.38. The van der Waals surface area contributed by atoms with Crippen molar-refractivity contribution in [2.45, 2.75) is 70.5 Å². The minimum Gasteiger partial charge on any atom is -0.352 e. The third-order valence-electron chi connectivity index (χ3n) is 4.10. The van der Waals surface area contributed by atoms with E-state index in [0.717, 1.165) is 45.2 Å². The quantitative estimate of drug-likeness (QED) is 0.631. The van der Waals surface area contributed by atoms with Gasteiger partial charge in [-0.3, -0.25) is 9.69 Å². The number of carbonyl (C=O) groups excluding carboxylic acids is 1. The molecular weight excluding hydrogens is 252 g/mol. The lowest BCUT2D eigenvalue weighted by Gasteiger charge is -2.41. The van der Waals surface area contributed by atoms with Crippen molar-refractivity contribution in [3.8, 4) is 0 Å². The van der Waals surface area contributed by atoms with E-state index in [4.69, 9.17) is 11.5 Å². The summed E-state index contributed by atoms with van der Waals surface area (Å²) in [7, 11) is 0. The number of amides is 1. The summed E-state index contributed by atoms with van der Waals surface area (Å²) in [6, 6.07) is -0.108. The fourth-order valence-corrected chi connectivity index (χ4v) is 2.64. The zero-order chi connectivity index (χ0) is 15.2. The van der Waals surface area contributed by atoms with Crippen molar-refractivity contribution < 1.29 is 4.79 Å². The molecule has 1 fully saturated rings. The molecule has 0 unspecified atom stereocenters. The van der Waals surface area contributed by atoms with Gasteiger partial charge in [-0.15, -0.1) is 0 Å². The maximum Gasteiger partial charge on any atom is 0.237 e. The lowest BCUT2D eigenvalue weighted by atomic mass is 9.97. The van der Waals surface area contributed by atoms with Crippen molar-refractivity contribution in [3.63, 3.8) is 0 Å². The zero-order valence-corrected chi connectivity index (χ0v) is 13.3. The number of hydrogen-bond donors (Lipinski definition) is 3. The van der Waals surface area contributed by atoms with Gasteiger partial charge in [-0.25, -0.2) is 0 Å². The predicted molar refractivity (Wildman–Crippen MR) is 83.4 cm³/mol. The lowest BCUT2D eigenvalue weighted by molar-refractivity contribution is -0.123. The Labute approximate surface area is 123 Å². The van der Waals surface area contributed by atoms with Gasteiger partial charge < -0.3 is 16.8 Å². The van der Waals surface area contributed by atoms with Gasteiger partial charge in [0.25, 0.3) is 0 Å². The van der Waals surface area contributed by atoms with Gasteiger partial charge in [-0.05, 0) is 53.0 Å². The molecule has 0 aromatic carbocycles. The van der Waals surface area contributed by atoms with E-state index in [2.05, 4.69) is 31.0 Å². The minimum atomic E-state index is -0.387. The fraction of sp³-hybridized carbons (Fsp3) is 0.933. The van der Waals surface area contributed by atoms with Crippen LogP contribution in [-0.4, -0.2) is 48.1 Å². The van der Waals surface area contributed by atoms with Gasteiger partial charge in [0.2, 0.25) is 5.91 Å². The summed E-state index contributed by atoms with van der Waals surface area (Å²) in [5.74, 6) is -0.00349. The van der Waals surface area contributed by atoms with Crippen molar-refractivity contribution in [1.29, 1.82) is 0 Å². The van der Waals surface area contributed by atoms with E-state index in [-0.39, 0.29) is 23.5 Å². The minimum absolute atomic E-state index is 0.00349. The molecule has 5 N–H and O–H groups in total. The Morgan fingerprint density at radius 3 is 2.40 bits per heavy atom. The van der Waals surface area contributed by atoms with Gasteiger partial charge in [-0.2, -0.15) is 0 Å². The summed E-state index contributed by atoms with van der Waals surface area (Å²) >= 11 is 0. The first-order valence-corrected chi connectivity index (χ1v) is 7.85. The molecule has 5 heteroatoms. The number of nitrogens with zero attached hydrogens (tertiary/aromatic N) is 1. The van der Waals surface area contributed by atoms with E-state index < -0.39 is 0 Å². The highest BCUT2D eigenvalue weighted by molar-refractivity contribution is 5.81. The lowest BCUT2D eigenvalue weighted by Crippen LogP contribution is -2.53. The molecule has 1 heterocycles. The third-order valence-corrected chi connectivity index (χ3v) is 4.10. The van der Waals surface area contributed by atoms with Gasteiger partial charge in [-0.1, -0.05) is 6.42 Å². The highest BCUT2D eigenvalue weighted by atomic mass is 16.2. The van der Waals surface area contributed by atoms with Crippen LogP contribution < -0.4 is 16.8 Å². The number of piperidine rings is 1.